The van der Waals surface area contributed by atoms with Gasteiger partial charge in [-0.05, 0) is 17.7 Å². The third kappa shape index (κ3) is 5.35. The predicted molar refractivity (Wildman–Crippen MR) is 96.0 cm³/mol. The molecule has 8 heteroatoms. The molecule has 0 heterocycles. The molecule has 26 heavy (non-hydrogen) atoms. The molecule has 0 aromatic heterocycles. The first-order valence-corrected chi connectivity index (χ1v) is 8.03. The molecular formula is C18H18ClFN2O4. The summed E-state index contributed by atoms with van der Waals surface area (Å²) in [5.74, 6) is -0.637. The topological polar surface area (TPSA) is 76.7 Å². The molecule has 0 spiro atoms. The van der Waals surface area contributed by atoms with Gasteiger partial charge < -0.3 is 20.1 Å². The fourth-order valence-electron chi connectivity index (χ4n) is 2.16. The summed E-state index contributed by atoms with van der Waals surface area (Å²) in [6, 6.07) is 8.73. The van der Waals surface area contributed by atoms with Crippen molar-refractivity contribution in [3.63, 3.8) is 0 Å². The Balaban J connectivity index is 1.93. The minimum Gasteiger partial charge on any atom is -0.495 e. The summed E-state index contributed by atoms with van der Waals surface area (Å²) in [4.78, 5) is 24.0. The fourth-order valence-corrected chi connectivity index (χ4v) is 2.39. The maximum Gasteiger partial charge on any atom is 0.233 e. The lowest BCUT2D eigenvalue weighted by atomic mass is 10.2. The number of carbonyl (C=O) groups excluding carboxylic acids is 2. The minimum absolute atomic E-state index is 0.199. The van der Waals surface area contributed by atoms with Crippen LogP contribution in [0.1, 0.15) is 12.0 Å². The van der Waals surface area contributed by atoms with Gasteiger partial charge in [-0.2, -0.15) is 0 Å². The highest BCUT2D eigenvalue weighted by molar-refractivity contribution is 6.32. The van der Waals surface area contributed by atoms with Crippen molar-refractivity contribution in [3.05, 3.63) is 52.8 Å². The number of rotatable bonds is 7. The van der Waals surface area contributed by atoms with Crippen LogP contribution in [0.5, 0.6) is 11.5 Å². The van der Waals surface area contributed by atoms with Gasteiger partial charge in [0, 0.05) is 18.7 Å². The average molecular weight is 381 g/mol. The monoisotopic (exact) mass is 380 g/mol. The highest BCUT2D eigenvalue weighted by Crippen LogP contribution is 2.35. The number of carbonyl (C=O) groups is 2. The maximum atomic E-state index is 12.8. The van der Waals surface area contributed by atoms with Gasteiger partial charge in [0.1, 0.15) is 23.7 Å². The van der Waals surface area contributed by atoms with E-state index >= 15 is 0 Å². The number of anilines is 1. The smallest absolute Gasteiger partial charge is 0.233 e. The summed E-state index contributed by atoms with van der Waals surface area (Å²) < 4.78 is 23.1. The molecule has 138 valence electrons. The number of hydrogen-bond donors (Lipinski definition) is 2. The lowest BCUT2D eigenvalue weighted by molar-refractivity contribution is -0.126. The Bertz CT molecular complexity index is 797. The van der Waals surface area contributed by atoms with Crippen LogP contribution in [0.25, 0.3) is 0 Å². The van der Waals surface area contributed by atoms with Crippen molar-refractivity contribution in [2.45, 2.75) is 13.0 Å². The Kier molecular flexibility index (Phi) is 6.80. The molecule has 2 amide bonds. The van der Waals surface area contributed by atoms with Crippen molar-refractivity contribution >= 4 is 29.1 Å². The van der Waals surface area contributed by atoms with Crippen molar-refractivity contribution in [2.24, 2.45) is 0 Å². The molecule has 2 rings (SSSR count). The van der Waals surface area contributed by atoms with Gasteiger partial charge in [-0.15, -0.1) is 0 Å². The second kappa shape index (κ2) is 9.05. The van der Waals surface area contributed by atoms with E-state index in [4.69, 9.17) is 21.1 Å². The van der Waals surface area contributed by atoms with Crippen LogP contribution in [0.4, 0.5) is 10.1 Å². The van der Waals surface area contributed by atoms with Crippen LogP contribution in [0.2, 0.25) is 5.02 Å². The molecule has 0 radical (unpaired) electrons. The summed E-state index contributed by atoms with van der Waals surface area (Å²) in [7, 11) is 2.88. The molecule has 0 saturated heterocycles. The van der Waals surface area contributed by atoms with E-state index in [0.29, 0.717) is 22.2 Å². The van der Waals surface area contributed by atoms with Gasteiger partial charge in [-0.25, -0.2) is 4.39 Å². The van der Waals surface area contributed by atoms with Gasteiger partial charge in [0.25, 0.3) is 0 Å². The highest BCUT2D eigenvalue weighted by Gasteiger charge is 2.15. The first-order chi connectivity index (χ1) is 12.4. The van der Waals surface area contributed by atoms with E-state index in [1.54, 1.807) is 12.1 Å². The van der Waals surface area contributed by atoms with Gasteiger partial charge in [0.05, 0.1) is 24.9 Å². The van der Waals surface area contributed by atoms with Crippen LogP contribution in [-0.4, -0.2) is 26.0 Å². The van der Waals surface area contributed by atoms with E-state index < -0.39 is 11.8 Å². The molecule has 0 atom stereocenters. The molecule has 0 unspecified atom stereocenters. The number of hydrogen-bond acceptors (Lipinski definition) is 4. The molecule has 2 aromatic rings. The number of methoxy groups -OCH3 is 2. The SMILES string of the molecule is COc1cc(NC(=O)CC(=O)NCc2ccc(F)cc2)c(OC)cc1Cl. The Hall–Kier alpha value is -2.80. The Morgan fingerprint density at radius 1 is 1.04 bits per heavy atom. The zero-order valence-corrected chi connectivity index (χ0v) is 15.0. The van der Waals surface area contributed by atoms with Gasteiger partial charge in [0.15, 0.2) is 0 Å². The first kappa shape index (κ1) is 19.5. The summed E-state index contributed by atoms with van der Waals surface area (Å²) in [6.45, 7) is 0.199. The Morgan fingerprint density at radius 3 is 2.31 bits per heavy atom. The van der Waals surface area contributed by atoms with Crippen molar-refractivity contribution in [1.29, 1.82) is 0 Å². The molecule has 0 aliphatic rings. The van der Waals surface area contributed by atoms with Gasteiger partial charge >= 0.3 is 0 Å². The fraction of sp³-hybridized carbons (Fsp3) is 0.222. The molecule has 0 bridgehead atoms. The largest absolute Gasteiger partial charge is 0.495 e. The minimum atomic E-state index is -0.524. The average Bonchev–Trinajstić information content (AvgIpc) is 2.62. The maximum absolute atomic E-state index is 12.8. The Labute approximate surface area is 155 Å². The molecule has 2 N–H and O–H groups in total. The van der Waals surface area contributed by atoms with E-state index in [1.807, 2.05) is 0 Å². The van der Waals surface area contributed by atoms with Gasteiger partial charge in [-0.3, -0.25) is 9.59 Å². The predicted octanol–water partition coefficient (Wildman–Crippen LogP) is 3.14. The number of benzene rings is 2. The number of nitrogens with one attached hydrogen (secondary N) is 2. The van der Waals surface area contributed by atoms with Crippen LogP contribution in [0.3, 0.4) is 0 Å². The lowest BCUT2D eigenvalue weighted by Gasteiger charge is -2.13. The van der Waals surface area contributed by atoms with Crippen molar-refractivity contribution in [3.8, 4) is 11.5 Å². The molecule has 2 aromatic carbocycles. The highest BCUT2D eigenvalue weighted by atomic mass is 35.5. The standard InChI is InChI=1S/C18H18ClFN2O4/c1-25-15-8-14(16(26-2)7-13(15)19)22-18(24)9-17(23)21-10-11-3-5-12(20)6-4-11/h3-8H,9-10H2,1-2H3,(H,21,23)(H,22,24). The summed E-state index contributed by atoms with van der Waals surface area (Å²) >= 11 is 6.01. The van der Waals surface area contributed by atoms with Crippen LogP contribution in [-0.2, 0) is 16.1 Å². The van der Waals surface area contributed by atoms with E-state index in [2.05, 4.69) is 10.6 Å². The number of halogens is 2. The van der Waals surface area contributed by atoms with Crippen molar-refractivity contribution < 1.29 is 23.5 Å². The van der Waals surface area contributed by atoms with Crippen LogP contribution >= 0.6 is 11.6 Å². The van der Waals surface area contributed by atoms with Crippen LogP contribution in [0.15, 0.2) is 36.4 Å². The quantitative estimate of drug-likeness (QED) is 0.723. The number of amides is 2. The third-order valence-corrected chi connectivity index (χ3v) is 3.77. The van der Waals surface area contributed by atoms with Crippen LogP contribution in [0, 0.1) is 5.82 Å². The summed E-state index contributed by atoms with van der Waals surface area (Å²) in [5.41, 5.74) is 1.06. The van der Waals surface area contributed by atoms with E-state index in [1.165, 1.54) is 38.5 Å². The lowest BCUT2D eigenvalue weighted by Crippen LogP contribution is -2.27. The molecule has 6 nitrogen and oxygen atoms in total. The third-order valence-electron chi connectivity index (χ3n) is 3.47. The normalized spacial score (nSPS) is 10.2. The zero-order chi connectivity index (χ0) is 19.1. The first-order valence-electron chi connectivity index (χ1n) is 7.65. The second-order valence-electron chi connectivity index (χ2n) is 5.32. The van der Waals surface area contributed by atoms with E-state index in [0.717, 1.165) is 5.56 Å². The second-order valence-corrected chi connectivity index (χ2v) is 5.72. The zero-order valence-electron chi connectivity index (χ0n) is 14.3. The Morgan fingerprint density at radius 2 is 1.69 bits per heavy atom. The number of ether oxygens (including phenoxy) is 2. The molecule has 0 saturated carbocycles. The van der Waals surface area contributed by atoms with Crippen molar-refractivity contribution in [1.82, 2.24) is 5.32 Å². The molecular weight excluding hydrogens is 363 g/mol. The molecule has 0 aliphatic heterocycles. The summed E-state index contributed by atoms with van der Waals surface area (Å²) in [5, 5.41) is 5.52. The van der Waals surface area contributed by atoms with Gasteiger partial charge in [0.2, 0.25) is 11.8 Å². The van der Waals surface area contributed by atoms with E-state index in [-0.39, 0.29) is 18.8 Å². The van der Waals surface area contributed by atoms with E-state index in [9.17, 15) is 14.0 Å². The van der Waals surface area contributed by atoms with Crippen molar-refractivity contribution in [2.75, 3.05) is 19.5 Å². The van der Waals surface area contributed by atoms with Gasteiger partial charge in [-0.1, -0.05) is 23.7 Å². The molecule has 0 fully saturated rings. The molecule has 0 aliphatic carbocycles. The summed E-state index contributed by atoms with van der Waals surface area (Å²) in [6.07, 6.45) is -0.380. The van der Waals surface area contributed by atoms with Crippen LogP contribution < -0.4 is 20.1 Å².